The molecule has 130 valence electrons. The minimum Gasteiger partial charge on any atom is -0.467 e. The van der Waals surface area contributed by atoms with Crippen LogP contribution in [0.2, 0.25) is 0 Å². The number of anilines is 1. The summed E-state index contributed by atoms with van der Waals surface area (Å²) in [4.78, 5) is 0. The van der Waals surface area contributed by atoms with Crippen LogP contribution in [0.3, 0.4) is 0 Å². The van der Waals surface area contributed by atoms with Crippen molar-refractivity contribution in [2.24, 2.45) is 0 Å². The highest BCUT2D eigenvalue weighted by Crippen LogP contribution is 2.38. The van der Waals surface area contributed by atoms with Gasteiger partial charge in [0.2, 0.25) is 0 Å². The van der Waals surface area contributed by atoms with Crippen molar-refractivity contribution in [3.8, 4) is 0 Å². The molecule has 0 aliphatic heterocycles. The zero-order valence-electron chi connectivity index (χ0n) is 11.4. The predicted molar refractivity (Wildman–Crippen MR) is 73.0 cm³/mol. The summed E-state index contributed by atoms with van der Waals surface area (Å²) in [6.07, 6.45) is -4.26. The Hall–Kier alpha value is -2.30. The van der Waals surface area contributed by atoms with Gasteiger partial charge >= 0.3 is 6.18 Å². The van der Waals surface area contributed by atoms with Gasteiger partial charge in [0.15, 0.2) is 28.4 Å². The Bertz CT molecular complexity index is 730. The van der Waals surface area contributed by atoms with Crippen molar-refractivity contribution >= 4 is 23.0 Å². The normalized spacial score (nSPS) is 11.5. The second kappa shape index (κ2) is 6.67. The molecular weight excluding hydrogens is 365 g/mol. The molecule has 2 rings (SSSR count). The van der Waals surface area contributed by atoms with Gasteiger partial charge in [0.05, 0.1) is 12.8 Å². The first-order valence-electron chi connectivity index (χ1n) is 6.13. The van der Waals surface area contributed by atoms with Crippen LogP contribution >= 0.6 is 12.2 Å². The van der Waals surface area contributed by atoms with Crippen molar-refractivity contribution in [2.75, 3.05) is 5.32 Å². The van der Waals surface area contributed by atoms with Crippen LogP contribution in [-0.4, -0.2) is 5.11 Å². The van der Waals surface area contributed by atoms with Crippen LogP contribution < -0.4 is 10.6 Å². The number of hydrogen-bond acceptors (Lipinski definition) is 2. The van der Waals surface area contributed by atoms with Gasteiger partial charge < -0.3 is 15.1 Å². The Morgan fingerprint density at radius 2 is 1.62 bits per heavy atom. The summed E-state index contributed by atoms with van der Waals surface area (Å²) < 4.78 is 96.5. The predicted octanol–water partition coefficient (Wildman–Crippen LogP) is 4.34. The lowest BCUT2D eigenvalue weighted by molar-refractivity contribution is -0.143. The van der Waals surface area contributed by atoms with E-state index in [2.05, 4.69) is 17.5 Å². The molecule has 0 aliphatic carbocycles. The van der Waals surface area contributed by atoms with Crippen LogP contribution in [0.4, 0.5) is 36.4 Å². The van der Waals surface area contributed by atoms with E-state index in [4.69, 9.17) is 4.42 Å². The monoisotopic (exact) mass is 372 g/mol. The lowest BCUT2D eigenvalue weighted by Gasteiger charge is -2.15. The topological polar surface area (TPSA) is 37.2 Å². The van der Waals surface area contributed by atoms with Crippen molar-refractivity contribution in [3.05, 3.63) is 53.0 Å². The summed E-state index contributed by atoms with van der Waals surface area (Å²) >= 11 is 4.66. The van der Waals surface area contributed by atoms with Gasteiger partial charge in [0.1, 0.15) is 17.0 Å². The molecule has 0 unspecified atom stereocenters. The minimum absolute atomic E-state index is 0.0341. The number of rotatable bonds is 3. The Kier molecular flexibility index (Phi) is 5.02. The summed E-state index contributed by atoms with van der Waals surface area (Å²) in [5.74, 6) is -9.26. The molecule has 0 radical (unpaired) electrons. The lowest BCUT2D eigenvalue weighted by atomic mass is 10.1. The van der Waals surface area contributed by atoms with E-state index in [1.165, 1.54) is 12.3 Å². The van der Waals surface area contributed by atoms with Gasteiger partial charge in [-0.3, -0.25) is 0 Å². The molecule has 0 fully saturated rings. The number of halogens is 7. The van der Waals surface area contributed by atoms with Gasteiger partial charge in [0, 0.05) is 0 Å². The van der Waals surface area contributed by atoms with E-state index in [-0.39, 0.29) is 6.54 Å². The van der Waals surface area contributed by atoms with E-state index in [0.717, 1.165) is 0 Å². The van der Waals surface area contributed by atoms with Crippen molar-refractivity contribution in [3.63, 3.8) is 0 Å². The number of nitrogens with one attached hydrogen (secondary N) is 2. The second-order valence-electron chi connectivity index (χ2n) is 4.39. The van der Waals surface area contributed by atoms with Gasteiger partial charge in [-0.1, -0.05) is 0 Å². The van der Waals surface area contributed by atoms with Crippen LogP contribution in [0, 0.1) is 23.3 Å². The maximum Gasteiger partial charge on any atom is 0.422 e. The quantitative estimate of drug-likeness (QED) is 0.478. The Morgan fingerprint density at radius 3 is 2.08 bits per heavy atom. The highest BCUT2D eigenvalue weighted by atomic mass is 32.1. The van der Waals surface area contributed by atoms with Gasteiger partial charge in [-0.15, -0.1) is 0 Å². The second-order valence-corrected chi connectivity index (χ2v) is 4.80. The molecule has 1 heterocycles. The number of alkyl halides is 3. The van der Waals surface area contributed by atoms with Crippen molar-refractivity contribution in [1.29, 1.82) is 0 Å². The number of thiocarbonyl (C=S) groups is 1. The standard InChI is InChI=1S/C13H7F7N2OS/c14-7-6(13(18,19)20)8(15)10(17)11(9(7)16)22-12(24)21-4-5-2-1-3-23-5/h1-3H,4H2,(H2,21,22,24). The molecular formula is C13H7F7N2OS. The highest BCUT2D eigenvalue weighted by molar-refractivity contribution is 7.80. The average molecular weight is 372 g/mol. The van der Waals surface area contributed by atoms with E-state index in [1.54, 1.807) is 11.4 Å². The number of benzene rings is 1. The van der Waals surface area contributed by atoms with E-state index < -0.39 is 45.8 Å². The molecule has 0 saturated carbocycles. The molecule has 24 heavy (non-hydrogen) atoms. The Morgan fingerprint density at radius 1 is 1.04 bits per heavy atom. The van der Waals surface area contributed by atoms with E-state index in [9.17, 15) is 30.7 Å². The number of hydrogen-bond donors (Lipinski definition) is 2. The smallest absolute Gasteiger partial charge is 0.422 e. The van der Waals surface area contributed by atoms with Crippen LogP contribution in [-0.2, 0) is 12.7 Å². The fourth-order valence-corrected chi connectivity index (χ4v) is 1.90. The SMILES string of the molecule is Fc1c(F)c(C(F)(F)F)c(F)c(F)c1NC(=S)NCc1ccco1. The van der Waals surface area contributed by atoms with Crippen molar-refractivity contribution in [1.82, 2.24) is 5.32 Å². The summed E-state index contributed by atoms with van der Waals surface area (Å²) in [6, 6.07) is 3.09. The third-order valence-electron chi connectivity index (χ3n) is 2.79. The summed E-state index contributed by atoms with van der Waals surface area (Å²) in [5, 5.41) is 3.70. The van der Waals surface area contributed by atoms with Crippen LogP contribution in [0.15, 0.2) is 22.8 Å². The molecule has 3 nitrogen and oxygen atoms in total. The Labute approximate surface area is 135 Å². The molecule has 1 aromatic heterocycles. The molecule has 0 atom stereocenters. The molecule has 2 aromatic rings. The number of furan rings is 1. The highest BCUT2D eigenvalue weighted by Gasteiger charge is 2.42. The fraction of sp³-hybridized carbons (Fsp3) is 0.154. The largest absolute Gasteiger partial charge is 0.467 e. The third kappa shape index (κ3) is 3.61. The third-order valence-corrected chi connectivity index (χ3v) is 3.04. The first-order valence-corrected chi connectivity index (χ1v) is 6.54. The fourth-order valence-electron chi connectivity index (χ4n) is 1.73. The summed E-state index contributed by atoms with van der Waals surface area (Å²) in [6.45, 7) is -0.0341. The molecule has 0 aliphatic rings. The molecule has 11 heteroatoms. The van der Waals surface area contributed by atoms with Crippen molar-refractivity contribution in [2.45, 2.75) is 12.7 Å². The van der Waals surface area contributed by atoms with Crippen molar-refractivity contribution < 1.29 is 35.2 Å². The van der Waals surface area contributed by atoms with Gasteiger partial charge in [0.25, 0.3) is 0 Å². The molecule has 0 spiro atoms. The van der Waals surface area contributed by atoms with Crippen LogP contribution in [0.25, 0.3) is 0 Å². The van der Waals surface area contributed by atoms with Gasteiger partial charge in [-0.05, 0) is 24.4 Å². The zero-order chi connectivity index (χ0) is 18.1. The molecule has 0 bridgehead atoms. The Balaban J connectivity index is 2.26. The average Bonchev–Trinajstić information content (AvgIpc) is 2.99. The molecule has 0 amide bonds. The van der Waals surface area contributed by atoms with Gasteiger partial charge in [-0.2, -0.15) is 13.2 Å². The van der Waals surface area contributed by atoms with E-state index >= 15 is 0 Å². The first-order chi connectivity index (χ1) is 11.1. The maximum atomic E-state index is 13.7. The van der Waals surface area contributed by atoms with Crippen LogP contribution in [0.5, 0.6) is 0 Å². The molecule has 2 N–H and O–H groups in total. The molecule has 1 aromatic carbocycles. The summed E-state index contributed by atoms with van der Waals surface area (Å²) in [7, 11) is 0. The van der Waals surface area contributed by atoms with E-state index in [1.807, 2.05) is 0 Å². The maximum absolute atomic E-state index is 13.7. The summed E-state index contributed by atoms with van der Waals surface area (Å²) in [5.41, 5.74) is -4.13. The van der Waals surface area contributed by atoms with Gasteiger partial charge in [-0.25, -0.2) is 17.6 Å². The first kappa shape index (κ1) is 18.0. The molecule has 0 saturated heterocycles. The van der Waals surface area contributed by atoms with Crippen LogP contribution in [0.1, 0.15) is 11.3 Å². The van der Waals surface area contributed by atoms with E-state index in [0.29, 0.717) is 5.76 Å². The lowest BCUT2D eigenvalue weighted by Crippen LogP contribution is -2.29. The minimum atomic E-state index is -5.60. The zero-order valence-corrected chi connectivity index (χ0v) is 12.2.